The van der Waals surface area contributed by atoms with E-state index in [-0.39, 0.29) is 4.92 Å². The standard InChI is InChI=1S/C18H25ClN2O3/c1-18(22)11-12-20(15-5-3-2-4-6-15)16(17(18)21(23)24)13-7-9-14(19)10-8-13/h7-10,15-17,22H,2-6,11-12H2,1H3/t16-,17-,18+/m1/s1. The highest BCUT2D eigenvalue weighted by molar-refractivity contribution is 6.30. The summed E-state index contributed by atoms with van der Waals surface area (Å²) in [6.45, 7) is 2.29. The van der Waals surface area contributed by atoms with Crippen LogP contribution in [0, 0.1) is 10.1 Å². The first-order chi connectivity index (χ1) is 11.4. The first-order valence-electron chi connectivity index (χ1n) is 8.77. The molecule has 0 spiro atoms. The SMILES string of the molecule is C[C@]1(O)CCN(C2CCCCC2)[C@H](c2ccc(Cl)cc2)[C@H]1[N+](=O)[O-]. The van der Waals surface area contributed by atoms with Crippen LogP contribution in [0.5, 0.6) is 0 Å². The highest BCUT2D eigenvalue weighted by Crippen LogP contribution is 2.42. The molecule has 1 aliphatic carbocycles. The minimum Gasteiger partial charge on any atom is -0.383 e. The van der Waals surface area contributed by atoms with Crippen LogP contribution in [0.1, 0.15) is 57.1 Å². The Morgan fingerprint density at radius 1 is 1.25 bits per heavy atom. The van der Waals surface area contributed by atoms with E-state index < -0.39 is 17.7 Å². The van der Waals surface area contributed by atoms with Crippen LogP contribution in [0.3, 0.4) is 0 Å². The van der Waals surface area contributed by atoms with E-state index in [2.05, 4.69) is 4.90 Å². The number of benzene rings is 1. The number of nitrogens with zero attached hydrogens (tertiary/aromatic N) is 2. The molecule has 0 radical (unpaired) electrons. The first kappa shape index (κ1) is 17.6. The highest BCUT2D eigenvalue weighted by Gasteiger charge is 2.54. The first-order valence-corrected chi connectivity index (χ1v) is 9.15. The molecule has 5 nitrogen and oxygen atoms in total. The van der Waals surface area contributed by atoms with Gasteiger partial charge in [0.2, 0.25) is 0 Å². The summed E-state index contributed by atoms with van der Waals surface area (Å²) in [4.78, 5) is 13.8. The van der Waals surface area contributed by atoms with Crippen LogP contribution < -0.4 is 0 Å². The molecule has 1 aliphatic heterocycles. The van der Waals surface area contributed by atoms with Crippen molar-refractivity contribution in [2.24, 2.45) is 0 Å². The van der Waals surface area contributed by atoms with E-state index in [0.29, 0.717) is 24.0 Å². The van der Waals surface area contributed by atoms with Crippen LogP contribution >= 0.6 is 11.6 Å². The quantitative estimate of drug-likeness (QED) is 0.663. The van der Waals surface area contributed by atoms with Gasteiger partial charge in [-0.15, -0.1) is 0 Å². The Hall–Kier alpha value is -1.17. The van der Waals surface area contributed by atoms with E-state index in [1.54, 1.807) is 19.1 Å². The van der Waals surface area contributed by atoms with Gasteiger partial charge in [-0.05, 0) is 43.9 Å². The molecule has 3 rings (SSSR count). The van der Waals surface area contributed by atoms with Crippen molar-refractivity contribution >= 4 is 11.6 Å². The number of rotatable bonds is 3. The largest absolute Gasteiger partial charge is 0.383 e. The Bertz CT molecular complexity index is 584. The summed E-state index contributed by atoms with van der Waals surface area (Å²) < 4.78 is 0. The van der Waals surface area contributed by atoms with Crippen LogP contribution in [0.15, 0.2) is 24.3 Å². The molecule has 0 bridgehead atoms. The average Bonchev–Trinajstić information content (AvgIpc) is 2.55. The van der Waals surface area contributed by atoms with Gasteiger partial charge in [0.25, 0.3) is 6.04 Å². The second-order valence-electron chi connectivity index (χ2n) is 7.36. The Kier molecular flexibility index (Phi) is 5.13. The summed E-state index contributed by atoms with van der Waals surface area (Å²) in [5, 5.41) is 23.2. The van der Waals surface area contributed by atoms with Crippen molar-refractivity contribution in [2.75, 3.05) is 6.54 Å². The summed E-state index contributed by atoms with van der Waals surface area (Å²) >= 11 is 5.99. The minimum absolute atomic E-state index is 0.297. The minimum atomic E-state index is -1.31. The van der Waals surface area contributed by atoms with Gasteiger partial charge in [0.15, 0.2) is 0 Å². The molecule has 1 saturated carbocycles. The lowest BCUT2D eigenvalue weighted by atomic mass is 9.78. The fourth-order valence-electron chi connectivity index (χ4n) is 4.36. The van der Waals surface area contributed by atoms with Gasteiger partial charge in [-0.2, -0.15) is 0 Å². The van der Waals surface area contributed by atoms with Gasteiger partial charge in [-0.25, -0.2) is 0 Å². The van der Waals surface area contributed by atoms with Crippen LogP contribution in [0.25, 0.3) is 0 Å². The molecule has 1 saturated heterocycles. The monoisotopic (exact) mass is 352 g/mol. The van der Waals surface area contributed by atoms with Crippen LogP contribution in [0.4, 0.5) is 0 Å². The molecule has 6 heteroatoms. The number of hydrogen-bond acceptors (Lipinski definition) is 4. The van der Waals surface area contributed by atoms with Crippen molar-refractivity contribution in [3.8, 4) is 0 Å². The molecule has 2 fully saturated rings. The molecule has 2 aliphatic rings. The predicted octanol–water partition coefficient (Wildman–Crippen LogP) is 3.82. The van der Waals surface area contributed by atoms with E-state index in [4.69, 9.17) is 11.6 Å². The van der Waals surface area contributed by atoms with Crippen molar-refractivity contribution in [1.29, 1.82) is 0 Å². The Labute approximate surface area is 147 Å². The second-order valence-corrected chi connectivity index (χ2v) is 7.80. The molecule has 1 aromatic rings. The molecule has 3 atom stereocenters. The zero-order valence-corrected chi connectivity index (χ0v) is 14.8. The maximum atomic E-state index is 11.8. The smallest absolute Gasteiger partial charge is 0.260 e. The zero-order valence-electron chi connectivity index (χ0n) is 14.0. The molecule has 0 amide bonds. The van der Waals surface area contributed by atoms with Crippen LogP contribution in [-0.2, 0) is 0 Å². The van der Waals surface area contributed by atoms with Gasteiger partial charge < -0.3 is 5.11 Å². The van der Waals surface area contributed by atoms with Crippen molar-refractivity contribution in [3.63, 3.8) is 0 Å². The third kappa shape index (κ3) is 3.44. The number of likely N-dealkylation sites (tertiary alicyclic amines) is 1. The number of nitro groups is 1. The summed E-state index contributed by atoms with van der Waals surface area (Å²) in [5.41, 5.74) is -0.439. The van der Waals surface area contributed by atoms with E-state index in [0.717, 1.165) is 18.4 Å². The molecule has 0 aromatic heterocycles. The number of piperidine rings is 1. The van der Waals surface area contributed by atoms with E-state index in [9.17, 15) is 15.2 Å². The third-order valence-electron chi connectivity index (χ3n) is 5.65. The van der Waals surface area contributed by atoms with Crippen molar-refractivity contribution in [1.82, 2.24) is 4.90 Å². The lowest BCUT2D eigenvalue weighted by Gasteiger charge is -2.48. The van der Waals surface area contributed by atoms with Crippen molar-refractivity contribution in [3.05, 3.63) is 45.0 Å². The van der Waals surface area contributed by atoms with E-state index in [1.165, 1.54) is 19.3 Å². The van der Waals surface area contributed by atoms with Gasteiger partial charge in [0.05, 0.1) is 0 Å². The number of halogens is 1. The summed E-state index contributed by atoms with van der Waals surface area (Å²) in [6.07, 6.45) is 6.18. The summed E-state index contributed by atoms with van der Waals surface area (Å²) in [7, 11) is 0. The van der Waals surface area contributed by atoms with Crippen LogP contribution in [0.2, 0.25) is 5.02 Å². The van der Waals surface area contributed by atoms with Gasteiger partial charge >= 0.3 is 0 Å². The number of hydrogen-bond donors (Lipinski definition) is 1. The lowest BCUT2D eigenvalue weighted by Crippen LogP contribution is -2.60. The Morgan fingerprint density at radius 3 is 2.46 bits per heavy atom. The van der Waals surface area contributed by atoms with Gasteiger partial charge in [-0.1, -0.05) is 43.0 Å². The molecular formula is C18H25ClN2O3. The normalized spacial score (nSPS) is 32.6. The predicted molar refractivity (Wildman–Crippen MR) is 93.8 cm³/mol. The van der Waals surface area contributed by atoms with Crippen LogP contribution in [-0.4, -0.2) is 39.2 Å². The topological polar surface area (TPSA) is 66.6 Å². The maximum Gasteiger partial charge on any atom is 0.260 e. The average molecular weight is 353 g/mol. The fraction of sp³-hybridized carbons (Fsp3) is 0.667. The van der Waals surface area contributed by atoms with Gasteiger partial charge in [-0.3, -0.25) is 15.0 Å². The molecule has 132 valence electrons. The molecule has 0 unspecified atom stereocenters. The molecular weight excluding hydrogens is 328 g/mol. The molecule has 1 heterocycles. The summed E-state index contributed by atoms with van der Waals surface area (Å²) in [5.74, 6) is 0. The van der Waals surface area contributed by atoms with Crippen molar-refractivity contribution in [2.45, 2.75) is 69.2 Å². The number of aliphatic hydroxyl groups is 1. The summed E-state index contributed by atoms with van der Waals surface area (Å²) in [6, 6.07) is 6.19. The lowest BCUT2D eigenvalue weighted by molar-refractivity contribution is -0.559. The molecule has 1 N–H and O–H groups in total. The second kappa shape index (κ2) is 6.98. The van der Waals surface area contributed by atoms with Gasteiger partial charge in [0, 0.05) is 22.5 Å². The Balaban J connectivity index is 2.00. The zero-order chi connectivity index (χ0) is 17.3. The Morgan fingerprint density at radius 2 is 1.88 bits per heavy atom. The van der Waals surface area contributed by atoms with E-state index >= 15 is 0 Å². The maximum absolute atomic E-state index is 11.8. The highest BCUT2D eigenvalue weighted by atomic mass is 35.5. The van der Waals surface area contributed by atoms with Gasteiger partial charge in [0.1, 0.15) is 11.6 Å². The van der Waals surface area contributed by atoms with Crippen molar-refractivity contribution < 1.29 is 10.0 Å². The van der Waals surface area contributed by atoms with E-state index in [1.807, 2.05) is 12.1 Å². The third-order valence-corrected chi connectivity index (χ3v) is 5.90. The fourth-order valence-corrected chi connectivity index (χ4v) is 4.49. The molecule has 1 aromatic carbocycles. The molecule has 24 heavy (non-hydrogen) atoms.